The second-order valence-corrected chi connectivity index (χ2v) is 6.57. The number of carbonyl (C=O) groups excluding carboxylic acids is 1. The number of likely N-dealkylation sites (tertiary alicyclic amines) is 1. The van der Waals surface area contributed by atoms with Crippen molar-refractivity contribution < 1.29 is 4.79 Å². The van der Waals surface area contributed by atoms with Crippen LogP contribution >= 0.6 is 0 Å². The molecular formula is C16H33N3O. The van der Waals surface area contributed by atoms with E-state index in [-0.39, 0.29) is 17.4 Å². The number of nitrogens with zero attached hydrogens (tertiary/aromatic N) is 1. The van der Waals surface area contributed by atoms with Crippen LogP contribution in [0.1, 0.15) is 53.4 Å². The molecule has 4 nitrogen and oxygen atoms in total. The third-order valence-corrected chi connectivity index (χ3v) is 4.88. The molecule has 0 radical (unpaired) electrons. The topological polar surface area (TPSA) is 58.4 Å². The lowest BCUT2D eigenvalue weighted by Gasteiger charge is -2.35. The van der Waals surface area contributed by atoms with Crippen LogP contribution in [0.25, 0.3) is 0 Å². The first-order valence-electron chi connectivity index (χ1n) is 8.20. The van der Waals surface area contributed by atoms with E-state index in [4.69, 9.17) is 5.73 Å². The third kappa shape index (κ3) is 4.45. The third-order valence-electron chi connectivity index (χ3n) is 4.88. The van der Waals surface area contributed by atoms with Gasteiger partial charge in [0.2, 0.25) is 5.91 Å². The molecule has 2 atom stereocenters. The van der Waals surface area contributed by atoms with Crippen molar-refractivity contribution in [3.05, 3.63) is 0 Å². The van der Waals surface area contributed by atoms with Gasteiger partial charge in [-0.25, -0.2) is 0 Å². The minimum atomic E-state index is -0.385. The summed E-state index contributed by atoms with van der Waals surface area (Å²) in [6, 6.07) is 0.192. The van der Waals surface area contributed by atoms with Crippen LogP contribution in [0.2, 0.25) is 0 Å². The molecule has 0 saturated carbocycles. The maximum absolute atomic E-state index is 12.5. The van der Waals surface area contributed by atoms with Crippen LogP contribution in [0.15, 0.2) is 0 Å². The molecule has 1 aliphatic heterocycles. The summed E-state index contributed by atoms with van der Waals surface area (Å²) in [6.07, 6.45) is 4.22. The van der Waals surface area contributed by atoms with Gasteiger partial charge < -0.3 is 16.0 Å². The highest BCUT2D eigenvalue weighted by atomic mass is 16.2. The van der Waals surface area contributed by atoms with Crippen molar-refractivity contribution in [2.24, 2.45) is 17.1 Å². The van der Waals surface area contributed by atoms with Crippen molar-refractivity contribution >= 4 is 5.91 Å². The summed E-state index contributed by atoms with van der Waals surface area (Å²) in [6.45, 7) is 12.2. The molecule has 1 saturated heterocycles. The minimum Gasteiger partial charge on any atom is -0.352 e. The number of amides is 1. The fourth-order valence-corrected chi connectivity index (χ4v) is 3.21. The first kappa shape index (κ1) is 17.4. The van der Waals surface area contributed by atoms with Gasteiger partial charge in [-0.1, -0.05) is 20.8 Å². The molecule has 0 aliphatic carbocycles. The molecule has 1 heterocycles. The predicted octanol–water partition coefficient (Wildman–Crippen LogP) is 1.99. The molecule has 1 aliphatic rings. The monoisotopic (exact) mass is 283 g/mol. The Morgan fingerprint density at radius 3 is 2.60 bits per heavy atom. The maximum atomic E-state index is 12.5. The molecule has 1 rings (SSSR count). The smallest absolute Gasteiger partial charge is 0.227 e. The SMILES string of the molecule is CCC(CC)(CN)C(=O)NC(C)CN1CCCC(C)C1. The van der Waals surface area contributed by atoms with Crippen LogP contribution in [0.3, 0.4) is 0 Å². The molecule has 0 aromatic heterocycles. The van der Waals surface area contributed by atoms with E-state index < -0.39 is 0 Å². The molecule has 0 aromatic carbocycles. The van der Waals surface area contributed by atoms with Crippen molar-refractivity contribution in [2.75, 3.05) is 26.2 Å². The quantitative estimate of drug-likeness (QED) is 0.751. The van der Waals surface area contributed by atoms with Gasteiger partial charge >= 0.3 is 0 Å². The fourth-order valence-electron chi connectivity index (χ4n) is 3.21. The van der Waals surface area contributed by atoms with Gasteiger partial charge in [-0.3, -0.25) is 4.79 Å². The molecule has 0 spiro atoms. The normalized spacial score (nSPS) is 22.6. The zero-order valence-corrected chi connectivity index (χ0v) is 13.7. The van der Waals surface area contributed by atoms with E-state index in [1.165, 1.54) is 12.8 Å². The second-order valence-electron chi connectivity index (χ2n) is 6.57. The molecular weight excluding hydrogens is 250 g/mol. The van der Waals surface area contributed by atoms with Gasteiger partial charge in [-0.2, -0.15) is 0 Å². The Bertz CT molecular complexity index is 294. The van der Waals surface area contributed by atoms with Crippen LogP contribution in [0, 0.1) is 11.3 Å². The van der Waals surface area contributed by atoms with Gasteiger partial charge in [0.15, 0.2) is 0 Å². The van der Waals surface area contributed by atoms with Crippen LogP contribution in [0.5, 0.6) is 0 Å². The van der Waals surface area contributed by atoms with Gasteiger partial charge in [0.05, 0.1) is 5.41 Å². The Labute approximate surface area is 124 Å². The number of carbonyl (C=O) groups is 1. The van der Waals surface area contributed by atoms with E-state index >= 15 is 0 Å². The lowest BCUT2D eigenvalue weighted by molar-refractivity contribution is -0.131. The number of hydrogen-bond donors (Lipinski definition) is 2. The number of nitrogens with two attached hydrogens (primary N) is 1. The van der Waals surface area contributed by atoms with Crippen molar-refractivity contribution in [1.82, 2.24) is 10.2 Å². The molecule has 118 valence electrons. The summed E-state index contributed by atoms with van der Waals surface area (Å²) in [7, 11) is 0. The summed E-state index contributed by atoms with van der Waals surface area (Å²) in [4.78, 5) is 14.9. The van der Waals surface area contributed by atoms with Crippen LogP contribution in [0.4, 0.5) is 0 Å². The summed E-state index contributed by atoms with van der Waals surface area (Å²) in [5, 5.41) is 3.18. The average Bonchev–Trinajstić information content (AvgIpc) is 2.41. The first-order valence-corrected chi connectivity index (χ1v) is 8.20. The summed E-state index contributed by atoms with van der Waals surface area (Å²) in [5.74, 6) is 0.906. The predicted molar refractivity (Wildman–Crippen MR) is 84.5 cm³/mol. The van der Waals surface area contributed by atoms with Gasteiger partial charge in [-0.15, -0.1) is 0 Å². The van der Waals surface area contributed by atoms with E-state index in [0.29, 0.717) is 6.54 Å². The number of hydrogen-bond acceptors (Lipinski definition) is 3. The zero-order valence-electron chi connectivity index (χ0n) is 13.7. The number of nitrogens with one attached hydrogen (secondary N) is 1. The van der Waals surface area contributed by atoms with Crippen LogP contribution in [-0.2, 0) is 4.79 Å². The summed E-state index contributed by atoms with van der Waals surface area (Å²) in [5.41, 5.74) is 5.45. The largest absolute Gasteiger partial charge is 0.352 e. The number of rotatable bonds is 7. The lowest BCUT2D eigenvalue weighted by atomic mass is 9.81. The van der Waals surface area contributed by atoms with E-state index in [1.54, 1.807) is 0 Å². The molecule has 1 fully saturated rings. The molecule has 4 heteroatoms. The van der Waals surface area contributed by atoms with Crippen LogP contribution in [-0.4, -0.2) is 43.0 Å². The Balaban J connectivity index is 2.48. The number of piperidine rings is 1. The standard InChI is InChI=1S/C16H33N3O/c1-5-16(6-2,12-17)15(20)18-14(4)11-19-9-7-8-13(3)10-19/h13-14H,5-12,17H2,1-4H3,(H,18,20). The van der Waals surface area contributed by atoms with Crippen molar-refractivity contribution in [2.45, 2.75) is 59.4 Å². The van der Waals surface area contributed by atoms with Gasteiger partial charge in [0, 0.05) is 25.7 Å². The van der Waals surface area contributed by atoms with Crippen molar-refractivity contribution in [1.29, 1.82) is 0 Å². The molecule has 1 amide bonds. The highest BCUT2D eigenvalue weighted by Gasteiger charge is 2.34. The lowest BCUT2D eigenvalue weighted by Crippen LogP contribution is -2.51. The molecule has 0 aromatic rings. The van der Waals surface area contributed by atoms with Crippen molar-refractivity contribution in [3.8, 4) is 0 Å². The zero-order chi connectivity index (χ0) is 15.2. The van der Waals surface area contributed by atoms with Crippen LogP contribution < -0.4 is 11.1 Å². The van der Waals surface area contributed by atoms with E-state index in [9.17, 15) is 4.79 Å². The molecule has 3 N–H and O–H groups in total. The molecule has 0 bridgehead atoms. The molecule has 20 heavy (non-hydrogen) atoms. The Kier molecular flexibility index (Phi) is 6.96. The van der Waals surface area contributed by atoms with Crippen molar-refractivity contribution in [3.63, 3.8) is 0 Å². The highest BCUT2D eigenvalue weighted by molar-refractivity contribution is 5.83. The second kappa shape index (κ2) is 7.99. The van der Waals surface area contributed by atoms with Gasteiger partial charge in [0.1, 0.15) is 0 Å². The summed E-state index contributed by atoms with van der Waals surface area (Å²) < 4.78 is 0. The van der Waals surface area contributed by atoms with E-state index in [0.717, 1.165) is 38.4 Å². The first-order chi connectivity index (χ1) is 9.47. The van der Waals surface area contributed by atoms with Gasteiger partial charge in [0.25, 0.3) is 0 Å². The highest BCUT2D eigenvalue weighted by Crippen LogP contribution is 2.25. The summed E-state index contributed by atoms with van der Waals surface area (Å²) >= 11 is 0. The Morgan fingerprint density at radius 2 is 2.10 bits per heavy atom. The van der Waals surface area contributed by atoms with E-state index in [2.05, 4.69) is 24.1 Å². The fraction of sp³-hybridized carbons (Fsp3) is 0.938. The Morgan fingerprint density at radius 1 is 1.45 bits per heavy atom. The van der Waals surface area contributed by atoms with Gasteiger partial charge in [-0.05, 0) is 45.1 Å². The van der Waals surface area contributed by atoms with E-state index in [1.807, 2.05) is 13.8 Å². The maximum Gasteiger partial charge on any atom is 0.227 e. The minimum absolute atomic E-state index is 0.127. The Hall–Kier alpha value is -0.610. The average molecular weight is 283 g/mol. The molecule has 2 unspecified atom stereocenters.